The zero-order chi connectivity index (χ0) is 20.0. The number of carbonyl (C=O) groups excluding carboxylic acids is 1. The molecule has 3 aromatic rings. The van der Waals surface area contributed by atoms with Gasteiger partial charge in [0.25, 0.3) is 0 Å². The molecular formula is C22H24N4O3. The summed E-state index contributed by atoms with van der Waals surface area (Å²) in [6.07, 6.45) is 7.89. The number of aromatic nitrogens is 3. The second kappa shape index (κ2) is 7.15. The van der Waals surface area contributed by atoms with Gasteiger partial charge in [0, 0.05) is 49.4 Å². The Kier molecular flexibility index (Phi) is 4.47. The van der Waals surface area contributed by atoms with Gasteiger partial charge in [-0.15, -0.1) is 0 Å². The summed E-state index contributed by atoms with van der Waals surface area (Å²) < 4.78 is 13.3. The van der Waals surface area contributed by atoms with Gasteiger partial charge >= 0.3 is 0 Å². The second-order valence-electron chi connectivity index (χ2n) is 7.97. The number of hydrogen-bond donors (Lipinski definition) is 1. The predicted molar refractivity (Wildman–Crippen MR) is 109 cm³/mol. The van der Waals surface area contributed by atoms with Gasteiger partial charge in [0.2, 0.25) is 5.91 Å². The molecule has 0 aromatic carbocycles. The number of carbonyl (C=O) groups is 1. The number of methoxy groups -OCH3 is 1. The molecule has 2 saturated carbocycles. The molecule has 1 amide bonds. The lowest BCUT2D eigenvalue weighted by atomic mass is 9.92. The lowest BCUT2D eigenvalue weighted by molar-refractivity contribution is -0.117. The van der Waals surface area contributed by atoms with Crippen LogP contribution in [0.15, 0.2) is 36.7 Å². The molecule has 29 heavy (non-hydrogen) atoms. The molecule has 2 aliphatic carbocycles. The Labute approximate surface area is 169 Å². The molecule has 0 bridgehead atoms. The Hall–Kier alpha value is -2.93. The van der Waals surface area contributed by atoms with E-state index >= 15 is 0 Å². The van der Waals surface area contributed by atoms with E-state index in [4.69, 9.17) is 9.47 Å². The molecule has 0 radical (unpaired) electrons. The molecule has 2 aliphatic rings. The Morgan fingerprint density at radius 1 is 1.21 bits per heavy atom. The largest absolute Gasteiger partial charge is 0.488 e. The van der Waals surface area contributed by atoms with E-state index in [9.17, 15) is 4.79 Å². The summed E-state index contributed by atoms with van der Waals surface area (Å²) in [5.41, 5.74) is 3.88. The van der Waals surface area contributed by atoms with Crippen LogP contribution >= 0.6 is 0 Å². The maximum absolute atomic E-state index is 12.0. The SMILES string of the molecule is CO[C@H]1C[C@H](Oc2cnc(C)cc2-c2ccn3nc(NC(=O)C4CC4)cc3c2)C1. The lowest BCUT2D eigenvalue weighted by Crippen LogP contribution is -2.38. The fraction of sp³-hybridized carbons (Fsp3) is 0.409. The summed E-state index contributed by atoms with van der Waals surface area (Å²) in [4.78, 5) is 16.4. The summed E-state index contributed by atoms with van der Waals surface area (Å²) in [6, 6.07) is 8.00. The first kappa shape index (κ1) is 18.1. The van der Waals surface area contributed by atoms with E-state index in [-0.39, 0.29) is 24.0 Å². The number of aryl methyl sites for hydroxylation is 1. The Morgan fingerprint density at radius 2 is 2.03 bits per heavy atom. The first-order chi connectivity index (χ1) is 14.1. The summed E-state index contributed by atoms with van der Waals surface area (Å²) in [5, 5.41) is 7.36. The van der Waals surface area contributed by atoms with E-state index in [0.717, 1.165) is 53.8 Å². The topological polar surface area (TPSA) is 77.8 Å². The number of rotatable bonds is 6. The quantitative estimate of drug-likeness (QED) is 0.693. The highest BCUT2D eigenvalue weighted by atomic mass is 16.5. The summed E-state index contributed by atoms with van der Waals surface area (Å²) in [7, 11) is 1.74. The standard InChI is InChI=1S/C22H24N4O3/c1-13-7-19(20(12-23-13)29-18-10-17(11-18)28-2)15-5-6-26-16(8-15)9-21(25-26)24-22(27)14-3-4-14/h5-9,12,14,17-18H,3-4,10-11H2,1-2H3,(H,24,25,27)/t17-,18-. The van der Waals surface area contributed by atoms with Crippen LogP contribution in [0.2, 0.25) is 0 Å². The monoisotopic (exact) mass is 392 g/mol. The summed E-state index contributed by atoms with van der Waals surface area (Å²) in [5.74, 6) is 1.57. The van der Waals surface area contributed by atoms with Crippen molar-refractivity contribution in [1.29, 1.82) is 0 Å². The second-order valence-corrected chi connectivity index (χ2v) is 7.97. The number of amides is 1. The van der Waals surface area contributed by atoms with Crippen molar-refractivity contribution in [2.75, 3.05) is 12.4 Å². The molecular weight excluding hydrogens is 368 g/mol. The number of fused-ring (bicyclic) bond motifs is 1. The van der Waals surface area contributed by atoms with Gasteiger partial charge < -0.3 is 14.8 Å². The highest BCUT2D eigenvalue weighted by molar-refractivity contribution is 5.93. The average Bonchev–Trinajstić information content (AvgIpc) is 3.45. The number of ether oxygens (including phenoxy) is 2. The molecule has 0 saturated heterocycles. The van der Waals surface area contributed by atoms with Crippen molar-refractivity contribution >= 4 is 17.2 Å². The molecule has 1 N–H and O–H groups in total. The van der Waals surface area contributed by atoms with Gasteiger partial charge in [-0.3, -0.25) is 9.78 Å². The number of nitrogens with zero attached hydrogens (tertiary/aromatic N) is 3. The van der Waals surface area contributed by atoms with E-state index < -0.39 is 0 Å². The van der Waals surface area contributed by atoms with Gasteiger partial charge in [-0.1, -0.05) is 0 Å². The minimum atomic E-state index is 0.0592. The molecule has 0 unspecified atom stereocenters. The van der Waals surface area contributed by atoms with Crippen molar-refractivity contribution in [3.63, 3.8) is 0 Å². The van der Waals surface area contributed by atoms with Crippen molar-refractivity contribution in [1.82, 2.24) is 14.6 Å². The van der Waals surface area contributed by atoms with Gasteiger partial charge in [-0.25, -0.2) is 4.52 Å². The van der Waals surface area contributed by atoms with Gasteiger partial charge in [0.15, 0.2) is 5.82 Å². The smallest absolute Gasteiger partial charge is 0.228 e. The van der Waals surface area contributed by atoms with Crippen LogP contribution in [0.5, 0.6) is 5.75 Å². The normalized spacial score (nSPS) is 21.0. The molecule has 3 heterocycles. The van der Waals surface area contributed by atoms with Crippen molar-refractivity contribution in [3.05, 3.63) is 42.4 Å². The van der Waals surface area contributed by atoms with Crippen molar-refractivity contribution in [2.24, 2.45) is 5.92 Å². The maximum atomic E-state index is 12.0. The number of hydrogen-bond acceptors (Lipinski definition) is 5. The average molecular weight is 392 g/mol. The van der Waals surface area contributed by atoms with Gasteiger partial charge in [-0.2, -0.15) is 5.10 Å². The number of anilines is 1. The minimum Gasteiger partial charge on any atom is -0.488 e. The fourth-order valence-corrected chi connectivity index (χ4v) is 3.65. The predicted octanol–water partition coefficient (Wildman–Crippen LogP) is 3.61. The first-order valence-corrected chi connectivity index (χ1v) is 10.1. The van der Waals surface area contributed by atoms with Gasteiger partial charge in [0.05, 0.1) is 17.8 Å². The van der Waals surface area contributed by atoms with Crippen LogP contribution in [-0.2, 0) is 9.53 Å². The molecule has 7 nitrogen and oxygen atoms in total. The highest BCUT2D eigenvalue weighted by Gasteiger charge is 2.32. The molecule has 7 heteroatoms. The van der Waals surface area contributed by atoms with Crippen molar-refractivity contribution in [2.45, 2.75) is 44.8 Å². The van der Waals surface area contributed by atoms with Crippen molar-refractivity contribution < 1.29 is 14.3 Å². The van der Waals surface area contributed by atoms with E-state index in [1.165, 1.54) is 0 Å². The minimum absolute atomic E-state index is 0.0592. The van der Waals surface area contributed by atoms with Crippen LogP contribution in [-0.4, -0.2) is 39.8 Å². The van der Waals surface area contributed by atoms with E-state index in [1.807, 2.05) is 31.3 Å². The van der Waals surface area contributed by atoms with Crippen LogP contribution in [0.4, 0.5) is 5.82 Å². The zero-order valence-electron chi connectivity index (χ0n) is 16.6. The van der Waals surface area contributed by atoms with Crippen LogP contribution in [0.25, 0.3) is 16.6 Å². The Balaban J connectivity index is 1.42. The third-order valence-electron chi connectivity index (χ3n) is 5.66. The maximum Gasteiger partial charge on any atom is 0.228 e. The molecule has 0 aliphatic heterocycles. The molecule has 0 spiro atoms. The van der Waals surface area contributed by atoms with Crippen LogP contribution in [0, 0.1) is 12.8 Å². The summed E-state index contributed by atoms with van der Waals surface area (Å²) in [6.45, 7) is 1.97. The van der Waals surface area contributed by atoms with E-state index in [0.29, 0.717) is 5.82 Å². The fourth-order valence-electron chi connectivity index (χ4n) is 3.65. The highest BCUT2D eigenvalue weighted by Crippen LogP contribution is 2.35. The molecule has 0 atom stereocenters. The van der Waals surface area contributed by atoms with Gasteiger partial charge in [0.1, 0.15) is 11.9 Å². The molecule has 5 rings (SSSR count). The molecule has 150 valence electrons. The number of pyridine rings is 2. The third kappa shape index (κ3) is 3.70. The Morgan fingerprint density at radius 3 is 2.79 bits per heavy atom. The van der Waals surface area contributed by atoms with Crippen molar-refractivity contribution in [3.8, 4) is 16.9 Å². The van der Waals surface area contributed by atoms with Gasteiger partial charge in [-0.05, 0) is 43.5 Å². The molecule has 3 aromatic heterocycles. The summed E-state index contributed by atoms with van der Waals surface area (Å²) >= 11 is 0. The van der Waals surface area contributed by atoms with E-state index in [1.54, 1.807) is 17.8 Å². The van der Waals surface area contributed by atoms with Crippen LogP contribution in [0.3, 0.4) is 0 Å². The first-order valence-electron chi connectivity index (χ1n) is 10.1. The molecule has 2 fully saturated rings. The third-order valence-corrected chi connectivity index (χ3v) is 5.66. The number of nitrogens with one attached hydrogen (secondary N) is 1. The Bertz CT molecular complexity index is 1070. The van der Waals surface area contributed by atoms with E-state index in [2.05, 4.69) is 21.5 Å². The zero-order valence-corrected chi connectivity index (χ0v) is 16.6. The van der Waals surface area contributed by atoms with Crippen LogP contribution in [0.1, 0.15) is 31.4 Å². The van der Waals surface area contributed by atoms with Crippen LogP contribution < -0.4 is 10.1 Å². The lowest BCUT2D eigenvalue weighted by Gasteiger charge is -2.34.